The van der Waals surface area contributed by atoms with E-state index in [1.807, 2.05) is 37.3 Å². The minimum atomic E-state index is -0.258. The lowest BCUT2D eigenvalue weighted by Crippen LogP contribution is -2.19. The monoisotopic (exact) mass is 277 g/mol. The fourth-order valence-corrected chi connectivity index (χ4v) is 1.87. The van der Waals surface area contributed by atoms with Crippen LogP contribution in [0.25, 0.3) is 0 Å². The van der Waals surface area contributed by atoms with Gasteiger partial charge in [0, 0.05) is 18.2 Å². The van der Waals surface area contributed by atoms with E-state index >= 15 is 0 Å². The number of rotatable bonds is 7. The average molecular weight is 277 g/mol. The molecule has 0 bridgehead atoms. The van der Waals surface area contributed by atoms with Crippen molar-refractivity contribution in [2.24, 2.45) is 0 Å². The largest absolute Gasteiger partial charge is 0.497 e. The van der Waals surface area contributed by atoms with Crippen molar-refractivity contribution in [2.75, 3.05) is 20.8 Å². The highest BCUT2D eigenvalue weighted by molar-refractivity contribution is 5.88. The standard InChI is InChI=1S/C16H23NO3/c1-5-13(16(18)20-4)10-11-17-12(2)14-6-8-15(19-3)9-7-14/h6-10,12,17H,5,11H2,1-4H3/b13-10-. The van der Waals surface area contributed by atoms with Crippen LogP contribution in [-0.2, 0) is 9.53 Å². The van der Waals surface area contributed by atoms with Crippen molar-refractivity contribution in [2.45, 2.75) is 26.3 Å². The molecule has 1 aromatic rings. The Kier molecular flexibility index (Phi) is 6.81. The molecule has 1 rings (SSSR count). The lowest BCUT2D eigenvalue weighted by molar-refractivity contribution is -0.136. The summed E-state index contributed by atoms with van der Waals surface area (Å²) >= 11 is 0. The molecule has 0 aliphatic rings. The molecule has 0 radical (unpaired) electrons. The zero-order valence-corrected chi connectivity index (χ0v) is 12.6. The van der Waals surface area contributed by atoms with Crippen LogP contribution in [0.4, 0.5) is 0 Å². The SMILES string of the molecule is CC/C(=C/CNC(C)c1ccc(OC)cc1)C(=O)OC. The Morgan fingerprint density at radius 3 is 2.45 bits per heavy atom. The molecule has 0 aliphatic carbocycles. The Balaban J connectivity index is 2.55. The van der Waals surface area contributed by atoms with Crippen LogP contribution in [-0.4, -0.2) is 26.7 Å². The predicted molar refractivity (Wildman–Crippen MR) is 79.8 cm³/mol. The first-order valence-corrected chi connectivity index (χ1v) is 6.77. The zero-order chi connectivity index (χ0) is 15.0. The van der Waals surface area contributed by atoms with E-state index in [4.69, 9.17) is 9.47 Å². The molecular weight excluding hydrogens is 254 g/mol. The average Bonchev–Trinajstić information content (AvgIpc) is 2.50. The number of carbonyl (C=O) groups excluding carboxylic acids is 1. The van der Waals surface area contributed by atoms with Crippen molar-refractivity contribution in [1.29, 1.82) is 0 Å². The molecular formula is C16H23NO3. The molecule has 1 unspecified atom stereocenters. The molecule has 0 heterocycles. The van der Waals surface area contributed by atoms with Crippen LogP contribution in [0, 0.1) is 0 Å². The Hall–Kier alpha value is -1.81. The molecule has 0 spiro atoms. The minimum Gasteiger partial charge on any atom is -0.497 e. The predicted octanol–water partition coefficient (Wildman–Crippen LogP) is 2.86. The Morgan fingerprint density at radius 2 is 1.95 bits per heavy atom. The van der Waals surface area contributed by atoms with E-state index < -0.39 is 0 Å². The van der Waals surface area contributed by atoms with E-state index in [1.165, 1.54) is 12.7 Å². The van der Waals surface area contributed by atoms with Crippen molar-refractivity contribution in [3.63, 3.8) is 0 Å². The lowest BCUT2D eigenvalue weighted by atomic mass is 10.1. The molecule has 4 heteroatoms. The Bertz CT molecular complexity index is 451. The van der Waals surface area contributed by atoms with Crippen molar-refractivity contribution >= 4 is 5.97 Å². The van der Waals surface area contributed by atoms with Gasteiger partial charge in [0.15, 0.2) is 0 Å². The second kappa shape index (κ2) is 8.38. The summed E-state index contributed by atoms with van der Waals surface area (Å²) in [4.78, 5) is 11.4. The smallest absolute Gasteiger partial charge is 0.333 e. The number of nitrogens with one attached hydrogen (secondary N) is 1. The molecule has 110 valence electrons. The molecule has 4 nitrogen and oxygen atoms in total. The molecule has 1 N–H and O–H groups in total. The van der Waals surface area contributed by atoms with Gasteiger partial charge in [-0.05, 0) is 31.0 Å². The number of benzene rings is 1. The van der Waals surface area contributed by atoms with Crippen molar-refractivity contribution in [1.82, 2.24) is 5.32 Å². The molecule has 20 heavy (non-hydrogen) atoms. The van der Waals surface area contributed by atoms with E-state index in [2.05, 4.69) is 12.2 Å². The van der Waals surface area contributed by atoms with Crippen LogP contribution in [0.1, 0.15) is 31.9 Å². The fraction of sp³-hybridized carbons (Fsp3) is 0.438. The third-order valence-corrected chi connectivity index (χ3v) is 3.22. The van der Waals surface area contributed by atoms with Crippen molar-refractivity contribution < 1.29 is 14.3 Å². The normalized spacial score (nSPS) is 12.9. The van der Waals surface area contributed by atoms with Crippen molar-refractivity contribution in [3.05, 3.63) is 41.5 Å². The first-order valence-electron chi connectivity index (χ1n) is 6.77. The van der Waals surface area contributed by atoms with E-state index in [-0.39, 0.29) is 12.0 Å². The summed E-state index contributed by atoms with van der Waals surface area (Å²) in [5.41, 5.74) is 1.87. The Morgan fingerprint density at radius 1 is 1.30 bits per heavy atom. The summed E-state index contributed by atoms with van der Waals surface area (Å²) in [6.45, 7) is 4.65. The number of hydrogen-bond donors (Lipinski definition) is 1. The number of carbonyl (C=O) groups is 1. The number of esters is 1. The summed E-state index contributed by atoms with van der Waals surface area (Å²) < 4.78 is 9.86. The van der Waals surface area contributed by atoms with Gasteiger partial charge in [-0.2, -0.15) is 0 Å². The molecule has 0 fully saturated rings. The van der Waals surface area contributed by atoms with E-state index in [0.29, 0.717) is 18.5 Å². The maximum absolute atomic E-state index is 11.4. The highest BCUT2D eigenvalue weighted by Gasteiger charge is 2.07. The van der Waals surface area contributed by atoms with Crippen LogP contribution in [0.15, 0.2) is 35.9 Å². The third kappa shape index (κ3) is 4.70. The Labute approximate surface area is 120 Å². The van der Waals surface area contributed by atoms with E-state index in [0.717, 1.165) is 5.75 Å². The van der Waals surface area contributed by atoms with E-state index in [1.54, 1.807) is 7.11 Å². The summed E-state index contributed by atoms with van der Waals surface area (Å²) in [5, 5.41) is 3.36. The summed E-state index contributed by atoms with van der Waals surface area (Å²) in [5.74, 6) is 0.589. The molecule has 1 aromatic carbocycles. The van der Waals surface area contributed by atoms with Gasteiger partial charge in [0.25, 0.3) is 0 Å². The fourth-order valence-electron chi connectivity index (χ4n) is 1.87. The van der Waals surface area contributed by atoms with Crippen LogP contribution in [0.5, 0.6) is 5.75 Å². The maximum Gasteiger partial charge on any atom is 0.333 e. The summed E-state index contributed by atoms with van der Waals surface area (Å²) in [6, 6.07) is 8.14. The third-order valence-electron chi connectivity index (χ3n) is 3.22. The zero-order valence-electron chi connectivity index (χ0n) is 12.6. The van der Waals surface area contributed by atoms with Crippen molar-refractivity contribution in [3.8, 4) is 5.75 Å². The van der Waals surface area contributed by atoms with E-state index in [9.17, 15) is 4.79 Å². The van der Waals surface area contributed by atoms with Crippen LogP contribution < -0.4 is 10.1 Å². The number of methoxy groups -OCH3 is 2. The minimum absolute atomic E-state index is 0.202. The van der Waals surface area contributed by atoms with Gasteiger partial charge in [-0.1, -0.05) is 25.1 Å². The molecule has 0 saturated carbocycles. The number of ether oxygens (including phenoxy) is 2. The van der Waals surface area contributed by atoms with Gasteiger partial charge in [-0.3, -0.25) is 0 Å². The second-order valence-corrected chi connectivity index (χ2v) is 4.48. The van der Waals surface area contributed by atoms with Gasteiger partial charge in [-0.15, -0.1) is 0 Å². The van der Waals surface area contributed by atoms with Crippen LogP contribution in [0.2, 0.25) is 0 Å². The quantitative estimate of drug-likeness (QED) is 0.615. The van der Waals surface area contributed by atoms with Gasteiger partial charge >= 0.3 is 5.97 Å². The van der Waals surface area contributed by atoms with Gasteiger partial charge in [0.05, 0.1) is 14.2 Å². The maximum atomic E-state index is 11.4. The lowest BCUT2D eigenvalue weighted by Gasteiger charge is -2.13. The highest BCUT2D eigenvalue weighted by atomic mass is 16.5. The van der Waals surface area contributed by atoms with Gasteiger partial charge < -0.3 is 14.8 Å². The highest BCUT2D eigenvalue weighted by Crippen LogP contribution is 2.17. The van der Waals surface area contributed by atoms with Gasteiger partial charge in [0.1, 0.15) is 5.75 Å². The topological polar surface area (TPSA) is 47.6 Å². The van der Waals surface area contributed by atoms with Gasteiger partial charge in [-0.25, -0.2) is 4.79 Å². The molecule has 0 aromatic heterocycles. The second-order valence-electron chi connectivity index (χ2n) is 4.48. The summed E-state index contributed by atoms with van der Waals surface area (Å²) in [7, 11) is 3.06. The summed E-state index contributed by atoms with van der Waals surface area (Å²) in [6.07, 6.45) is 2.55. The van der Waals surface area contributed by atoms with Crippen LogP contribution >= 0.6 is 0 Å². The van der Waals surface area contributed by atoms with Crippen LogP contribution in [0.3, 0.4) is 0 Å². The molecule has 0 amide bonds. The number of hydrogen-bond acceptors (Lipinski definition) is 4. The first-order chi connectivity index (χ1) is 9.62. The first kappa shape index (κ1) is 16.2. The van der Waals surface area contributed by atoms with Gasteiger partial charge in [0.2, 0.25) is 0 Å². The molecule has 0 aliphatic heterocycles. The molecule has 1 atom stereocenters. The molecule has 0 saturated heterocycles.